The lowest BCUT2D eigenvalue weighted by Crippen LogP contribution is -2.30. The molecule has 0 saturated heterocycles. The highest BCUT2D eigenvalue weighted by Crippen LogP contribution is 2.26. The van der Waals surface area contributed by atoms with Gasteiger partial charge in [0.15, 0.2) is 0 Å². The third-order valence-electron chi connectivity index (χ3n) is 3.87. The fourth-order valence-corrected chi connectivity index (χ4v) is 2.58. The SMILES string of the molecule is CNC(CCc1ccc2c(c1)CCO2)CCN(C)C. The van der Waals surface area contributed by atoms with Gasteiger partial charge in [-0.3, -0.25) is 0 Å². The van der Waals surface area contributed by atoms with Crippen molar-refractivity contribution in [2.45, 2.75) is 31.7 Å². The first-order valence-corrected chi connectivity index (χ1v) is 7.25. The first-order valence-electron chi connectivity index (χ1n) is 7.25. The molecule has 1 atom stereocenters. The zero-order valence-corrected chi connectivity index (χ0v) is 12.4. The zero-order valence-electron chi connectivity index (χ0n) is 12.4. The second kappa shape index (κ2) is 6.92. The van der Waals surface area contributed by atoms with Crippen LogP contribution in [0, 0.1) is 0 Å². The van der Waals surface area contributed by atoms with Crippen molar-refractivity contribution in [1.82, 2.24) is 10.2 Å². The minimum Gasteiger partial charge on any atom is -0.493 e. The maximum Gasteiger partial charge on any atom is 0.122 e. The normalized spacial score (nSPS) is 15.4. The number of benzene rings is 1. The van der Waals surface area contributed by atoms with E-state index in [4.69, 9.17) is 4.74 Å². The van der Waals surface area contributed by atoms with E-state index in [-0.39, 0.29) is 0 Å². The molecule has 3 nitrogen and oxygen atoms in total. The van der Waals surface area contributed by atoms with Crippen molar-refractivity contribution >= 4 is 0 Å². The Balaban J connectivity index is 1.83. The predicted molar refractivity (Wildman–Crippen MR) is 80.0 cm³/mol. The third kappa shape index (κ3) is 4.22. The maximum atomic E-state index is 5.55. The molecule has 1 N–H and O–H groups in total. The Labute approximate surface area is 116 Å². The van der Waals surface area contributed by atoms with Crippen molar-refractivity contribution in [1.29, 1.82) is 0 Å². The second-order valence-corrected chi connectivity index (χ2v) is 5.66. The molecule has 1 aromatic rings. The monoisotopic (exact) mass is 262 g/mol. The van der Waals surface area contributed by atoms with Crippen LogP contribution in [0.2, 0.25) is 0 Å². The standard InChI is InChI=1S/C16H26N2O/c1-17-15(8-10-18(2)3)6-4-13-5-7-16-14(12-13)9-11-19-16/h5,7,12,15,17H,4,6,8-11H2,1-3H3. The molecule has 0 radical (unpaired) electrons. The summed E-state index contributed by atoms with van der Waals surface area (Å²) in [7, 11) is 6.33. The van der Waals surface area contributed by atoms with Crippen LogP contribution in [-0.4, -0.2) is 45.2 Å². The van der Waals surface area contributed by atoms with Gasteiger partial charge in [0, 0.05) is 12.5 Å². The number of aryl methyl sites for hydroxylation is 1. The molecule has 1 heterocycles. The molecule has 19 heavy (non-hydrogen) atoms. The van der Waals surface area contributed by atoms with Gasteiger partial charge in [-0.15, -0.1) is 0 Å². The first-order chi connectivity index (χ1) is 9.19. The molecule has 1 aliphatic rings. The molecule has 0 bridgehead atoms. The fraction of sp³-hybridized carbons (Fsp3) is 0.625. The molecule has 0 spiro atoms. The number of fused-ring (bicyclic) bond motifs is 1. The Kier molecular flexibility index (Phi) is 5.23. The van der Waals surface area contributed by atoms with Gasteiger partial charge in [0.1, 0.15) is 5.75 Å². The van der Waals surface area contributed by atoms with E-state index < -0.39 is 0 Å². The van der Waals surface area contributed by atoms with Gasteiger partial charge in [0.25, 0.3) is 0 Å². The van der Waals surface area contributed by atoms with Crippen LogP contribution in [0.1, 0.15) is 24.0 Å². The highest BCUT2D eigenvalue weighted by Gasteiger charge is 2.13. The van der Waals surface area contributed by atoms with Crippen LogP contribution < -0.4 is 10.1 Å². The van der Waals surface area contributed by atoms with Crippen LogP contribution in [-0.2, 0) is 12.8 Å². The summed E-state index contributed by atoms with van der Waals surface area (Å²) in [5.74, 6) is 1.08. The number of rotatable bonds is 7. The van der Waals surface area contributed by atoms with E-state index in [1.807, 2.05) is 0 Å². The fourth-order valence-electron chi connectivity index (χ4n) is 2.58. The van der Waals surface area contributed by atoms with E-state index in [0.717, 1.165) is 31.7 Å². The molecule has 0 aliphatic carbocycles. The minimum absolute atomic E-state index is 0.604. The summed E-state index contributed by atoms with van der Waals surface area (Å²) in [5.41, 5.74) is 2.82. The molecule has 0 amide bonds. The van der Waals surface area contributed by atoms with Crippen LogP contribution in [0.3, 0.4) is 0 Å². The van der Waals surface area contributed by atoms with Gasteiger partial charge in [-0.2, -0.15) is 0 Å². The van der Waals surface area contributed by atoms with E-state index in [0.29, 0.717) is 6.04 Å². The lowest BCUT2D eigenvalue weighted by atomic mass is 10.0. The largest absolute Gasteiger partial charge is 0.493 e. The smallest absolute Gasteiger partial charge is 0.122 e. The molecule has 1 aliphatic heterocycles. The van der Waals surface area contributed by atoms with Crippen LogP contribution in [0.5, 0.6) is 5.75 Å². The van der Waals surface area contributed by atoms with Gasteiger partial charge in [0.2, 0.25) is 0 Å². The predicted octanol–water partition coefficient (Wildman–Crippen LogP) is 2.09. The summed E-state index contributed by atoms with van der Waals surface area (Å²) in [6, 6.07) is 7.27. The van der Waals surface area contributed by atoms with Crippen LogP contribution in [0.25, 0.3) is 0 Å². The van der Waals surface area contributed by atoms with Crippen molar-refractivity contribution in [2.75, 3.05) is 34.3 Å². The summed E-state index contributed by atoms with van der Waals surface area (Å²) < 4.78 is 5.55. The van der Waals surface area contributed by atoms with Gasteiger partial charge in [-0.1, -0.05) is 12.1 Å². The minimum atomic E-state index is 0.604. The Morgan fingerprint density at radius 2 is 2.16 bits per heavy atom. The quantitative estimate of drug-likeness (QED) is 0.814. The van der Waals surface area contributed by atoms with Crippen molar-refractivity contribution in [3.05, 3.63) is 29.3 Å². The summed E-state index contributed by atoms with van der Waals surface area (Å²) >= 11 is 0. The van der Waals surface area contributed by atoms with Crippen molar-refractivity contribution in [2.24, 2.45) is 0 Å². The molecule has 2 rings (SSSR count). The highest BCUT2D eigenvalue weighted by atomic mass is 16.5. The summed E-state index contributed by atoms with van der Waals surface area (Å²) in [6.07, 6.45) is 4.62. The van der Waals surface area contributed by atoms with Gasteiger partial charge >= 0.3 is 0 Å². The summed E-state index contributed by atoms with van der Waals surface area (Å²) in [6.45, 7) is 1.99. The van der Waals surface area contributed by atoms with Gasteiger partial charge < -0.3 is 15.0 Å². The van der Waals surface area contributed by atoms with E-state index in [9.17, 15) is 0 Å². The Bertz CT molecular complexity index is 404. The molecule has 1 aromatic carbocycles. The van der Waals surface area contributed by atoms with Crippen molar-refractivity contribution in [3.8, 4) is 5.75 Å². The second-order valence-electron chi connectivity index (χ2n) is 5.66. The lowest BCUT2D eigenvalue weighted by molar-refractivity contribution is 0.356. The molecule has 0 saturated carbocycles. The van der Waals surface area contributed by atoms with Gasteiger partial charge in [-0.25, -0.2) is 0 Å². The zero-order chi connectivity index (χ0) is 13.7. The van der Waals surface area contributed by atoms with E-state index in [1.54, 1.807) is 0 Å². The van der Waals surface area contributed by atoms with Crippen LogP contribution in [0.4, 0.5) is 0 Å². The highest BCUT2D eigenvalue weighted by molar-refractivity contribution is 5.39. The van der Waals surface area contributed by atoms with E-state index in [2.05, 4.69) is 49.6 Å². The molecular weight excluding hydrogens is 236 g/mol. The topological polar surface area (TPSA) is 24.5 Å². The average molecular weight is 262 g/mol. The Morgan fingerprint density at radius 1 is 1.32 bits per heavy atom. The molecule has 0 fully saturated rings. The van der Waals surface area contributed by atoms with E-state index in [1.165, 1.54) is 24.0 Å². The lowest BCUT2D eigenvalue weighted by Gasteiger charge is -2.18. The molecule has 0 aromatic heterocycles. The maximum absolute atomic E-state index is 5.55. The van der Waals surface area contributed by atoms with E-state index >= 15 is 0 Å². The molecule has 1 unspecified atom stereocenters. The number of hydrogen-bond acceptors (Lipinski definition) is 3. The number of ether oxygens (including phenoxy) is 1. The summed E-state index contributed by atoms with van der Waals surface area (Å²) in [4.78, 5) is 2.25. The van der Waals surface area contributed by atoms with Crippen molar-refractivity contribution in [3.63, 3.8) is 0 Å². The molecule has 106 valence electrons. The van der Waals surface area contributed by atoms with Gasteiger partial charge in [-0.05, 0) is 64.1 Å². The average Bonchev–Trinajstić information content (AvgIpc) is 2.86. The third-order valence-corrected chi connectivity index (χ3v) is 3.87. The van der Waals surface area contributed by atoms with Crippen LogP contribution >= 0.6 is 0 Å². The Morgan fingerprint density at radius 3 is 2.89 bits per heavy atom. The van der Waals surface area contributed by atoms with Gasteiger partial charge in [0.05, 0.1) is 6.61 Å². The summed E-state index contributed by atoms with van der Waals surface area (Å²) in [5, 5.41) is 3.43. The first kappa shape index (κ1) is 14.4. The van der Waals surface area contributed by atoms with Crippen LogP contribution in [0.15, 0.2) is 18.2 Å². The number of nitrogens with one attached hydrogen (secondary N) is 1. The van der Waals surface area contributed by atoms with Crippen molar-refractivity contribution < 1.29 is 4.74 Å². The molecule has 3 heteroatoms. The Hall–Kier alpha value is -1.06. The molecular formula is C16H26N2O. The number of nitrogens with zero attached hydrogens (tertiary/aromatic N) is 1. The number of hydrogen-bond donors (Lipinski definition) is 1.